The first-order valence-corrected chi connectivity index (χ1v) is 21.2. The van der Waals surface area contributed by atoms with Crippen molar-refractivity contribution in [3.8, 4) is 0 Å². The second-order valence-electron chi connectivity index (χ2n) is 14.1. The molecule has 5 nitrogen and oxygen atoms in total. The van der Waals surface area contributed by atoms with Crippen LogP contribution in [0.25, 0.3) is 0 Å². The van der Waals surface area contributed by atoms with E-state index in [-0.39, 0.29) is 6.10 Å². The Morgan fingerprint density at radius 3 is 1.13 bits per heavy atom. The topological polar surface area (TPSA) is 54.5 Å². The predicted molar refractivity (Wildman–Crippen MR) is 205 cm³/mol. The van der Waals surface area contributed by atoms with Crippen LogP contribution in [-0.2, 0) is 9.47 Å². The molecule has 1 unspecified atom stereocenters. The Bertz CT molecular complexity index is 522. The third-order valence-corrected chi connectivity index (χ3v) is 9.38. The zero-order valence-electron chi connectivity index (χ0n) is 32.1. The molecule has 0 amide bonds. The second kappa shape index (κ2) is 42.8. The van der Waals surface area contributed by atoms with E-state index in [0.717, 1.165) is 59.1 Å². The van der Waals surface area contributed by atoms with E-state index >= 15 is 0 Å². The molecule has 5 heteroatoms. The smallest absolute Gasteiger partial charge is 0.0932 e. The Labute approximate surface area is 290 Å². The van der Waals surface area contributed by atoms with Gasteiger partial charge in [0, 0.05) is 45.9 Å². The van der Waals surface area contributed by atoms with Crippen molar-refractivity contribution in [3.05, 3.63) is 0 Å². The quantitative estimate of drug-likeness (QED) is 0.0572. The first-order chi connectivity index (χ1) is 22.8. The fourth-order valence-corrected chi connectivity index (χ4v) is 6.24. The molecule has 3 N–H and O–H groups in total. The lowest BCUT2D eigenvalue weighted by molar-refractivity contribution is -0.0174. The normalized spacial score (nSPS) is 12.3. The molecule has 0 spiro atoms. The van der Waals surface area contributed by atoms with Crippen LogP contribution < -0.4 is 16.0 Å². The number of nitrogens with one attached hydrogen (secondary N) is 3. The van der Waals surface area contributed by atoms with E-state index in [4.69, 9.17) is 9.47 Å². The van der Waals surface area contributed by atoms with E-state index in [0.29, 0.717) is 0 Å². The minimum Gasteiger partial charge on any atom is -0.379 e. The van der Waals surface area contributed by atoms with Gasteiger partial charge in [-0.1, -0.05) is 188 Å². The maximum absolute atomic E-state index is 6.32. The molecule has 0 heterocycles. The summed E-state index contributed by atoms with van der Waals surface area (Å²) in [5.74, 6) is 0. The minimum absolute atomic E-state index is 0.162. The molecule has 0 fully saturated rings. The predicted octanol–water partition coefficient (Wildman–Crippen LogP) is 11.1. The van der Waals surface area contributed by atoms with Gasteiger partial charge in [0.05, 0.1) is 12.7 Å². The number of hydrogen-bond acceptors (Lipinski definition) is 5. The van der Waals surface area contributed by atoms with Gasteiger partial charge in [-0.15, -0.1) is 0 Å². The summed E-state index contributed by atoms with van der Waals surface area (Å²) in [5.41, 5.74) is 0. The Balaban J connectivity index is 3.81. The number of rotatable bonds is 42. The van der Waals surface area contributed by atoms with Crippen LogP contribution in [0.1, 0.15) is 201 Å². The second-order valence-corrected chi connectivity index (χ2v) is 14.1. The molecule has 0 bridgehead atoms. The van der Waals surface area contributed by atoms with Gasteiger partial charge in [0.1, 0.15) is 0 Å². The Kier molecular flexibility index (Phi) is 42.6. The molecular weight excluding hydrogens is 566 g/mol. The first-order valence-electron chi connectivity index (χ1n) is 21.2. The summed E-state index contributed by atoms with van der Waals surface area (Å²) in [6, 6.07) is 0. The van der Waals surface area contributed by atoms with Gasteiger partial charge in [0.2, 0.25) is 0 Å². The molecule has 0 aliphatic carbocycles. The molecule has 0 aromatic carbocycles. The van der Waals surface area contributed by atoms with Crippen LogP contribution in [0.5, 0.6) is 0 Å². The van der Waals surface area contributed by atoms with E-state index in [1.165, 1.54) is 180 Å². The van der Waals surface area contributed by atoms with Crippen molar-refractivity contribution in [2.75, 3.05) is 59.1 Å². The van der Waals surface area contributed by atoms with Gasteiger partial charge in [-0.05, 0) is 19.4 Å². The highest BCUT2D eigenvalue weighted by atomic mass is 16.5. The third kappa shape index (κ3) is 40.0. The molecule has 0 aromatic heterocycles. The van der Waals surface area contributed by atoms with E-state index < -0.39 is 0 Å². The average molecular weight is 654 g/mol. The highest BCUT2D eigenvalue weighted by molar-refractivity contribution is 4.63. The Morgan fingerprint density at radius 2 is 0.717 bits per heavy atom. The highest BCUT2D eigenvalue weighted by Gasteiger charge is 2.09. The summed E-state index contributed by atoms with van der Waals surface area (Å²) in [6.45, 7) is 15.2. The molecule has 0 aliphatic heterocycles. The van der Waals surface area contributed by atoms with Crippen LogP contribution in [0.4, 0.5) is 0 Å². The van der Waals surface area contributed by atoms with Crippen molar-refractivity contribution in [1.82, 2.24) is 16.0 Å². The number of ether oxygens (including phenoxy) is 2. The molecule has 0 saturated heterocycles. The SMILES string of the molecule is CCCCCCCCCCCCCCCCOCC(CNCCNCCNCC)OCCCCCCCCCCCCCCCC. The van der Waals surface area contributed by atoms with E-state index in [1.807, 2.05) is 0 Å². The van der Waals surface area contributed by atoms with Gasteiger partial charge in [-0.2, -0.15) is 0 Å². The first kappa shape index (κ1) is 45.8. The fourth-order valence-electron chi connectivity index (χ4n) is 6.24. The highest BCUT2D eigenvalue weighted by Crippen LogP contribution is 2.14. The standard InChI is InChI=1S/C41H87N3O2/c1-4-7-9-11-13-15-17-19-21-23-25-27-29-31-37-45-40-41(39-44-36-35-43-34-33-42-6-3)46-38-32-30-28-26-24-22-20-18-16-14-12-10-8-5-2/h41-44H,4-40H2,1-3H3. The van der Waals surface area contributed by atoms with Gasteiger partial charge in [0.25, 0.3) is 0 Å². The van der Waals surface area contributed by atoms with E-state index in [1.54, 1.807) is 0 Å². The van der Waals surface area contributed by atoms with E-state index in [9.17, 15) is 0 Å². The van der Waals surface area contributed by atoms with Crippen LogP contribution in [-0.4, -0.2) is 65.2 Å². The van der Waals surface area contributed by atoms with Crippen LogP contribution in [0.3, 0.4) is 0 Å². The molecule has 46 heavy (non-hydrogen) atoms. The zero-order chi connectivity index (χ0) is 33.3. The fraction of sp³-hybridized carbons (Fsp3) is 1.00. The largest absolute Gasteiger partial charge is 0.379 e. The van der Waals surface area contributed by atoms with Crippen LogP contribution >= 0.6 is 0 Å². The number of likely N-dealkylation sites (N-methyl/N-ethyl adjacent to an activating group) is 1. The number of unbranched alkanes of at least 4 members (excludes halogenated alkanes) is 26. The van der Waals surface area contributed by atoms with Crippen molar-refractivity contribution in [3.63, 3.8) is 0 Å². The molecule has 0 radical (unpaired) electrons. The Hall–Kier alpha value is -0.200. The number of hydrogen-bond donors (Lipinski definition) is 3. The lowest BCUT2D eigenvalue weighted by atomic mass is 10.0. The molecule has 0 rings (SSSR count). The summed E-state index contributed by atoms with van der Waals surface area (Å²) >= 11 is 0. The molecule has 0 aromatic rings. The van der Waals surface area contributed by atoms with Gasteiger partial charge in [-0.3, -0.25) is 0 Å². The third-order valence-electron chi connectivity index (χ3n) is 9.38. The molecule has 1 atom stereocenters. The maximum Gasteiger partial charge on any atom is 0.0932 e. The summed E-state index contributed by atoms with van der Waals surface area (Å²) in [5, 5.41) is 10.5. The van der Waals surface area contributed by atoms with Crippen molar-refractivity contribution >= 4 is 0 Å². The van der Waals surface area contributed by atoms with Gasteiger partial charge in [0.15, 0.2) is 0 Å². The van der Waals surface area contributed by atoms with Crippen LogP contribution in [0.2, 0.25) is 0 Å². The summed E-state index contributed by atoms with van der Waals surface area (Å²) in [7, 11) is 0. The van der Waals surface area contributed by atoms with Crippen LogP contribution in [0, 0.1) is 0 Å². The van der Waals surface area contributed by atoms with Crippen LogP contribution in [0.15, 0.2) is 0 Å². The summed E-state index contributed by atoms with van der Waals surface area (Å²) < 4.78 is 12.4. The molecular formula is C41H87N3O2. The monoisotopic (exact) mass is 654 g/mol. The van der Waals surface area contributed by atoms with Crippen molar-refractivity contribution in [2.24, 2.45) is 0 Å². The van der Waals surface area contributed by atoms with Crippen molar-refractivity contribution in [1.29, 1.82) is 0 Å². The minimum atomic E-state index is 0.162. The lowest BCUT2D eigenvalue weighted by Crippen LogP contribution is -2.38. The van der Waals surface area contributed by atoms with Gasteiger partial charge in [-0.25, -0.2) is 0 Å². The maximum atomic E-state index is 6.32. The van der Waals surface area contributed by atoms with Crippen molar-refractivity contribution < 1.29 is 9.47 Å². The van der Waals surface area contributed by atoms with E-state index in [2.05, 4.69) is 36.7 Å². The Morgan fingerprint density at radius 1 is 0.370 bits per heavy atom. The van der Waals surface area contributed by atoms with Crippen molar-refractivity contribution in [2.45, 2.75) is 207 Å². The average Bonchev–Trinajstić information content (AvgIpc) is 3.07. The van der Waals surface area contributed by atoms with Gasteiger partial charge < -0.3 is 25.4 Å². The molecule has 278 valence electrons. The zero-order valence-corrected chi connectivity index (χ0v) is 32.1. The molecule has 0 saturated carbocycles. The van der Waals surface area contributed by atoms with Gasteiger partial charge >= 0.3 is 0 Å². The summed E-state index contributed by atoms with van der Waals surface area (Å²) in [6.07, 6.45) is 39.3. The molecule has 0 aliphatic rings. The lowest BCUT2D eigenvalue weighted by Gasteiger charge is -2.19. The summed E-state index contributed by atoms with van der Waals surface area (Å²) in [4.78, 5) is 0.